The molecule has 39 heavy (non-hydrogen) atoms. The number of likely N-dealkylation sites (tertiary alicyclic amines) is 1. The molecule has 4 aromatic rings. The summed E-state index contributed by atoms with van der Waals surface area (Å²) in [6.07, 6.45) is 4.25. The summed E-state index contributed by atoms with van der Waals surface area (Å²) in [5, 5.41) is 5.59. The highest BCUT2D eigenvalue weighted by molar-refractivity contribution is 7.20. The maximum atomic E-state index is 13.7. The summed E-state index contributed by atoms with van der Waals surface area (Å²) in [4.78, 5) is 47.6. The Morgan fingerprint density at radius 2 is 1.72 bits per heavy atom. The quantitative estimate of drug-likeness (QED) is 0.344. The highest BCUT2D eigenvalue weighted by Gasteiger charge is 2.39. The SMILES string of the molecule is CC(C)(C)OC(=O)N[C@H](C(=O)N1CCCC1C(=O)Nc1cn2cc(-c3ccccc3)sc2n1)c1ccccc1. The van der Waals surface area contributed by atoms with Crippen LogP contribution in [0.1, 0.15) is 45.2 Å². The topological polar surface area (TPSA) is 105 Å². The number of anilines is 1. The van der Waals surface area contributed by atoms with Gasteiger partial charge >= 0.3 is 6.09 Å². The standard InChI is InChI=1S/C29H31N5O4S/c1-29(2,3)38-28(37)32-24(20-13-8-5-9-14-20)26(36)34-16-10-15-21(34)25(35)30-23-18-33-17-22(39-27(33)31-23)19-11-6-4-7-12-19/h4-9,11-14,17-18,21,24H,10,15-16H2,1-3H3,(H,30,35)(H,32,37)/t21?,24-/m0/s1. The molecule has 1 aliphatic heterocycles. The number of fused-ring (bicyclic) bond motifs is 1. The third-order valence-corrected chi connectivity index (χ3v) is 7.39. The van der Waals surface area contributed by atoms with Gasteiger partial charge in [-0.3, -0.25) is 14.0 Å². The summed E-state index contributed by atoms with van der Waals surface area (Å²) in [5.74, 6) is -0.237. The smallest absolute Gasteiger partial charge is 0.408 e. The van der Waals surface area contributed by atoms with E-state index in [0.29, 0.717) is 30.8 Å². The number of alkyl carbamates (subject to hydrolysis) is 1. The van der Waals surface area contributed by atoms with Crippen molar-refractivity contribution < 1.29 is 19.1 Å². The van der Waals surface area contributed by atoms with E-state index < -0.39 is 23.8 Å². The molecule has 2 atom stereocenters. The Bertz CT molecular complexity index is 1440. The van der Waals surface area contributed by atoms with Crippen molar-refractivity contribution >= 4 is 40.0 Å². The number of rotatable bonds is 6. The van der Waals surface area contributed by atoms with Crippen LogP contribution in [0.4, 0.5) is 10.6 Å². The first-order valence-electron chi connectivity index (χ1n) is 12.9. The molecule has 202 valence electrons. The molecule has 1 unspecified atom stereocenters. The first-order valence-corrected chi connectivity index (χ1v) is 13.7. The second-order valence-electron chi connectivity index (χ2n) is 10.4. The Morgan fingerprint density at radius 1 is 1.03 bits per heavy atom. The number of nitrogens with one attached hydrogen (secondary N) is 2. The number of hydrogen-bond acceptors (Lipinski definition) is 6. The number of amides is 3. The van der Waals surface area contributed by atoms with Gasteiger partial charge in [0.1, 0.15) is 17.7 Å². The molecular weight excluding hydrogens is 514 g/mol. The van der Waals surface area contributed by atoms with Gasteiger partial charge in [-0.05, 0) is 44.7 Å². The molecule has 10 heteroatoms. The van der Waals surface area contributed by atoms with Crippen LogP contribution >= 0.6 is 11.3 Å². The lowest BCUT2D eigenvalue weighted by atomic mass is 10.0. The van der Waals surface area contributed by atoms with Crippen molar-refractivity contribution in [2.45, 2.75) is 51.3 Å². The van der Waals surface area contributed by atoms with E-state index in [0.717, 1.165) is 15.4 Å². The molecule has 0 bridgehead atoms. The molecule has 1 fully saturated rings. The zero-order chi connectivity index (χ0) is 27.6. The number of hydrogen-bond donors (Lipinski definition) is 2. The average molecular weight is 546 g/mol. The van der Waals surface area contributed by atoms with E-state index in [-0.39, 0.29) is 11.8 Å². The van der Waals surface area contributed by atoms with E-state index in [4.69, 9.17) is 4.74 Å². The molecule has 2 aromatic carbocycles. The zero-order valence-electron chi connectivity index (χ0n) is 22.1. The Hall–Kier alpha value is -4.18. The largest absolute Gasteiger partial charge is 0.444 e. The van der Waals surface area contributed by atoms with Crippen LogP contribution in [0.3, 0.4) is 0 Å². The van der Waals surface area contributed by atoms with Crippen molar-refractivity contribution in [2.24, 2.45) is 0 Å². The number of carbonyl (C=O) groups excluding carboxylic acids is 3. The number of carbonyl (C=O) groups is 3. The second kappa shape index (κ2) is 10.9. The second-order valence-corrected chi connectivity index (χ2v) is 11.5. The number of imidazole rings is 1. The van der Waals surface area contributed by atoms with Crippen LogP contribution in [-0.4, -0.2) is 50.4 Å². The van der Waals surface area contributed by atoms with E-state index in [1.807, 2.05) is 47.0 Å². The molecule has 5 rings (SSSR count). The molecule has 2 aromatic heterocycles. The fraction of sp³-hybridized carbons (Fsp3) is 0.310. The number of aromatic nitrogens is 2. The van der Waals surface area contributed by atoms with Crippen LogP contribution in [0, 0.1) is 0 Å². The zero-order valence-corrected chi connectivity index (χ0v) is 22.9. The lowest BCUT2D eigenvalue weighted by Gasteiger charge is -2.29. The van der Waals surface area contributed by atoms with Crippen LogP contribution in [0.2, 0.25) is 0 Å². The fourth-order valence-corrected chi connectivity index (χ4v) is 5.60. The molecule has 3 heterocycles. The lowest BCUT2D eigenvalue weighted by Crippen LogP contribution is -2.49. The van der Waals surface area contributed by atoms with Crippen molar-refractivity contribution in [1.29, 1.82) is 0 Å². The molecule has 0 radical (unpaired) electrons. The van der Waals surface area contributed by atoms with Gasteiger partial charge in [0, 0.05) is 12.7 Å². The lowest BCUT2D eigenvalue weighted by molar-refractivity contribution is -0.138. The summed E-state index contributed by atoms with van der Waals surface area (Å²) in [6.45, 7) is 5.69. The summed E-state index contributed by atoms with van der Waals surface area (Å²) in [7, 11) is 0. The van der Waals surface area contributed by atoms with E-state index in [9.17, 15) is 14.4 Å². The highest BCUT2D eigenvalue weighted by atomic mass is 32.1. The first-order chi connectivity index (χ1) is 18.7. The Kier molecular flexibility index (Phi) is 7.38. The van der Waals surface area contributed by atoms with Crippen molar-refractivity contribution in [3.63, 3.8) is 0 Å². The van der Waals surface area contributed by atoms with Gasteiger partial charge < -0.3 is 20.3 Å². The van der Waals surface area contributed by atoms with Crippen LogP contribution in [0.15, 0.2) is 73.1 Å². The van der Waals surface area contributed by atoms with Crippen LogP contribution in [0.25, 0.3) is 15.4 Å². The third kappa shape index (κ3) is 6.12. The summed E-state index contributed by atoms with van der Waals surface area (Å²) in [6, 6.07) is 17.4. The summed E-state index contributed by atoms with van der Waals surface area (Å²) in [5.41, 5.74) is 1.000. The van der Waals surface area contributed by atoms with Crippen molar-refractivity contribution in [1.82, 2.24) is 19.6 Å². The van der Waals surface area contributed by atoms with Gasteiger partial charge in [-0.15, -0.1) is 0 Å². The Labute approximate surface area is 230 Å². The monoisotopic (exact) mass is 545 g/mol. The minimum atomic E-state index is -0.983. The molecular formula is C29H31N5O4S. The van der Waals surface area contributed by atoms with Crippen molar-refractivity contribution in [3.05, 3.63) is 78.6 Å². The van der Waals surface area contributed by atoms with Gasteiger partial charge in [0.05, 0.1) is 11.1 Å². The summed E-state index contributed by atoms with van der Waals surface area (Å²) < 4.78 is 7.29. The van der Waals surface area contributed by atoms with Gasteiger partial charge in [-0.1, -0.05) is 72.0 Å². The minimum Gasteiger partial charge on any atom is -0.444 e. The number of benzene rings is 2. The third-order valence-electron chi connectivity index (χ3n) is 6.34. The van der Waals surface area contributed by atoms with Crippen LogP contribution < -0.4 is 10.6 Å². The Morgan fingerprint density at radius 3 is 2.38 bits per heavy atom. The molecule has 1 saturated heterocycles. The van der Waals surface area contributed by atoms with E-state index in [1.165, 1.54) is 16.2 Å². The van der Waals surface area contributed by atoms with Gasteiger partial charge in [-0.25, -0.2) is 9.78 Å². The van der Waals surface area contributed by atoms with Crippen LogP contribution in [-0.2, 0) is 14.3 Å². The van der Waals surface area contributed by atoms with Crippen molar-refractivity contribution in [2.75, 3.05) is 11.9 Å². The molecule has 2 N–H and O–H groups in total. The van der Waals surface area contributed by atoms with Crippen LogP contribution in [0.5, 0.6) is 0 Å². The Balaban J connectivity index is 1.31. The predicted octanol–water partition coefficient (Wildman–Crippen LogP) is 5.26. The highest BCUT2D eigenvalue weighted by Crippen LogP contribution is 2.30. The first kappa shape index (κ1) is 26.4. The maximum Gasteiger partial charge on any atom is 0.408 e. The summed E-state index contributed by atoms with van der Waals surface area (Å²) >= 11 is 1.53. The van der Waals surface area contributed by atoms with Gasteiger partial charge in [0.2, 0.25) is 5.91 Å². The minimum absolute atomic E-state index is 0.307. The van der Waals surface area contributed by atoms with Crippen molar-refractivity contribution in [3.8, 4) is 10.4 Å². The molecule has 3 amide bonds. The molecule has 0 saturated carbocycles. The molecule has 9 nitrogen and oxygen atoms in total. The van der Waals surface area contributed by atoms with E-state index in [1.54, 1.807) is 51.2 Å². The normalized spacial score (nSPS) is 16.2. The average Bonchev–Trinajstić information content (AvgIpc) is 3.62. The number of thiazole rings is 1. The van der Waals surface area contributed by atoms with Gasteiger partial charge in [-0.2, -0.15) is 0 Å². The van der Waals surface area contributed by atoms with Gasteiger partial charge in [0.15, 0.2) is 10.8 Å². The fourth-order valence-electron chi connectivity index (χ4n) is 4.63. The number of nitrogens with zero attached hydrogens (tertiary/aromatic N) is 3. The molecule has 0 spiro atoms. The van der Waals surface area contributed by atoms with E-state index in [2.05, 4.69) is 15.6 Å². The maximum absolute atomic E-state index is 13.7. The van der Waals surface area contributed by atoms with E-state index >= 15 is 0 Å². The van der Waals surface area contributed by atoms with Gasteiger partial charge in [0.25, 0.3) is 5.91 Å². The molecule has 1 aliphatic rings. The number of ether oxygens (including phenoxy) is 1. The molecule has 0 aliphatic carbocycles. The predicted molar refractivity (Wildman–Crippen MR) is 150 cm³/mol.